The van der Waals surface area contributed by atoms with Crippen molar-refractivity contribution in [2.24, 2.45) is 0 Å². The fraction of sp³-hybridized carbons (Fsp3) is 0.261. The third-order valence-electron chi connectivity index (χ3n) is 5.11. The summed E-state index contributed by atoms with van der Waals surface area (Å²) >= 11 is 12.1. The third kappa shape index (κ3) is 5.73. The minimum Gasteiger partial charge on any atom is -0.481 e. The smallest absolute Gasteiger partial charge is 0.305 e. The molecule has 178 valence electrons. The molecule has 0 aliphatic heterocycles. The van der Waals surface area contributed by atoms with Crippen molar-refractivity contribution in [3.8, 4) is 0 Å². The molecule has 34 heavy (non-hydrogen) atoms. The number of nitrogens with one attached hydrogen (secondary N) is 3. The molecule has 2 aromatic carbocycles. The van der Waals surface area contributed by atoms with Gasteiger partial charge in [0.1, 0.15) is 11.4 Å². The number of unbranched alkanes of at least 4 members (excludes halogenated alkanes) is 1. The lowest BCUT2D eigenvalue weighted by molar-refractivity contribution is -0.137. The van der Waals surface area contributed by atoms with Crippen molar-refractivity contribution < 1.29 is 14.7 Å². The first-order valence-electron chi connectivity index (χ1n) is 10.5. The highest BCUT2D eigenvalue weighted by Gasteiger charge is 2.25. The molecule has 0 radical (unpaired) electrons. The Balaban J connectivity index is 1.79. The van der Waals surface area contributed by atoms with Gasteiger partial charge in [0.2, 0.25) is 0 Å². The summed E-state index contributed by atoms with van der Waals surface area (Å²) in [6, 6.07) is 5.36. The maximum Gasteiger partial charge on any atom is 0.305 e. The number of benzene rings is 1. The van der Waals surface area contributed by atoms with Gasteiger partial charge in [0.25, 0.3) is 16.8 Å². The van der Waals surface area contributed by atoms with Crippen molar-refractivity contribution in [2.45, 2.75) is 32.2 Å². The summed E-state index contributed by atoms with van der Waals surface area (Å²) in [5.41, 5.74) is -0.0814. The number of carboxylic acids is 1. The Kier molecular flexibility index (Phi) is 8.25. The summed E-state index contributed by atoms with van der Waals surface area (Å²) in [5.74, 6) is -1.57. The number of hydrogen-bond acceptors (Lipinski definition) is 7. The number of pyridine rings is 1. The second-order valence-corrected chi connectivity index (χ2v) is 8.35. The Hall–Kier alpha value is -3.43. The zero-order valence-corrected chi connectivity index (χ0v) is 19.7. The van der Waals surface area contributed by atoms with Gasteiger partial charge in [-0.3, -0.25) is 24.2 Å². The topological polar surface area (TPSA) is 137 Å². The van der Waals surface area contributed by atoms with E-state index in [0.717, 1.165) is 12.8 Å². The van der Waals surface area contributed by atoms with Gasteiger partial charge in [0.15, 0.2) is 0 Å². The zero-order chi connectivity index (χ0) is 24.8. The quantitative estimate of drug-likeness (QED) is 0.226. The predicted octanol–water partition coefficient (Wildman–Crippen LogP) is 4.08. The summed E-state index contributed by atoms with van der Waals surface area (Å²) in [4.78, 5) is 51.9. The molecule has 0 fully saturated rings. The molecule has 0 spiro atoms. The second kappa shape index (κ2) is 11.1. The molecule has 1 aromatic heterocycles. The van der Waals surface area contributed by atoms with Crippen molar-refractivity contribution in [1.82, 2.24) is 4.98 Å². The standard InChI is InChI=1S/C23H22Cl2N4O5/c1-2-3-8-27-19-20(22(33)21(19)32)28-16(9-17(30)31)12-4-6-13(7-5-12)23(34)29-18-14(24)10-26-11-15(18)25/h4-7,10-11,16,27-28H,2-3,8-9H2,1H3,(H,30,31)(H,26,29,34). The van der Waals surface area contributed by atoms with E-state index in [1.165, 1.54) is 24.5 Å². The van der Waals surface area contributed by atoms with Gasteiger partial charge in [-0.15, -0.1) is 0 Å². The van der Waals surface area contributed by atoms with Crippen LogP contribution in [-0.4, -0.2) is 28.5 Å². The van der Waals surface area contributed by atoms with Crippen LogP contribution < -0.4 is 26.8 Å². The van der Waals surface area contributed by atoms with Gasteiger partial charge in [-0.25, -0.2) is 0 Å². The lowest BCUT2D eigenvalue weighted by Crippen LogP contribution is -2.38. The van der Waals surface area contributed by atoms with Gasteiger partial charge < -0.3 is 21.1 Å². The molecule has 0 saturated carbocycles. The molecular weight excluding hydrogens is 483 g/mol. The SMILES string of the molecule is CCCCNc1c(NC(CC(=O)O)c2ccc(C(=O)Nc3c(Cl)cncc3Cl)cc2)c(=O)c1=O. The van der Waals surface area contributed by atoms with E-state index < -0.39 is 28.8 Å². The van der Waals surface area contributed by atoms with E-state index in [1.54, 1.807) is 12.1 Å². The number of carbonyl (C=O) groups excluding carboxylic acids is 1. The number of hydrogen-bond donors (Lipinski definition) is 4. The molecule has 1 heterocycles. The van der Waals surface area contributed by atoms with E-state index in [2.05, 4.69) is 20.9 Å². The first-order chi connectivity index (χ1) is 16.2. The van der Waals surface area contributed by atoms with Crippen LogP contribution in [0.25, 0.3) is 0 Å². The fourth-order valence-electron chi connectivity index (χ4n) is 3.27. The van der Waals surface area contributed by atoms with Crippen LogP contribution in [0.5, 0.6) is 0 Å². The average molecular weight is 505 g/mol. The normalized spacial score (nSPS) is 11.7. The van der Waals surface area contributed by atoms with Gasteiger partial charge in [0.05, 0.1) is 28.2 Å². The highest BCUT2D eigenvalue weighted by atomic mass is 35.5. The molecule has 9 nitrogen and oxygen atoms in total. The maximum absolute atomic E-state index is 12.6. The number of nitrogens with zero attached hydrogens (tertiary/aromatic N) is 1. The monoisotopic (exact) mass is 504 g/mol. The van der Waals surface area contributed by atoms with Gasteiger partial charge in [-0.05, 0) is 24.1 Å². The van der Waals surface area contributed by atoms with Crippen LogP contribution in [-0.2, 0) is 4.79 Å². The summed E-state index contributed by atoms with van der Waals surface area (Å²) in [7, 11) is 0. The molecule has 3 aromatic rings. The number of halogens is 2. The highest BCUT2D eigenvalue weighted by molar-refractivity contribution is 6.39. The Morgan fingerprint density at radius 1 is 1.00 bits per heavy atom. The molecule has 0 bridgehead atoms. The molecule has 0 saturated heterocycles. The molecular formula is C23H22Cl2N4O5. The predicted molar refractivity (Wildman–Crippen MR) is 132 cm³/mol. The molecule has 1 amide bonds. The zero-order valence-electron chi connectivity index (χ0n) is 18.2. The van der Waals surface area contributed by atoms with Crippen molar-refractivity contribution in [1.29, 1.82) is 0 Å². The van der Waals surface area contributed by atoms with Crippen molar-refractivity contribution in [2.75, 3.05) is 22.5 Å². The van der Waals surface area contributed by atoms with Crippen LogP contribution >= 0.6 is 23.2 Å². The van der Waals surface area contributed by atoms with Crippen molar-refractivity contribution in [3.05, 3.63) is 78.3 Å². The van der Waals surface area contributed by atoms with E-state index >= 15 is 0 Å². The van der Waals surface area contributed by atoms with Gasteiger partial charge in [-0.2, -0.15) is 0 Å². The van der Waals surface area contributed by atoms with E-state index in [1.807, 2.05) is 6.92 Å². The first-order valence-corrected chi connectivity index (χ1v) is 11.2. The van der Waals surface area contributed by atoms with Crippen LogP contribution in [0.2, 0.25) is 10.0 Å². The van der Waals surface area contributed by atoms with E-state index in [-0.39, 0.29) is 39.1 Å². The van der Waals surface area contributed by atoms with Crippen LogP contribution in [0.1, 0.15) is 48.1 Å². The Labute approximate surface area is 204 Å². The van der Waals surface area contributed by atoms with Gasteiger partial charge in [0, 0.05) is 24.5 Å². The molecule has 11 heteroatoms. The highest BCUT2D eigenvalue weighted by Crippen LogP contribution is 2.30. The third-order valence-corrected chi connectivity index (χ3v) is 5.68. The largest absolute Gasteiger partial charge is 0.481 e. The van der Waals surface area contributed by atoms with Crippen LogP contribution in [0.15, 0.2) is 46.2 Å². The van der Waals surface area contributed by atoms with Gasteiger partial charge >= 0.3 is 5.97 Å². The van der Waals surface area contributed by atoms with E-state index in [9.17, 15) is 24.3 Å². The minimum absolute atomic E-state index is 0.0659. The molecule has 1 unspecified atom stereocenters. The fourth-order valence-corrected chi connectivity index (χ4v) is 3.73. The molecule has 0 aliphatic carbocycles. The lowest BCUT2D eigenvalue weighted by Gasteiger charge is -2.22. The summed E-state index contributed by atoms with van der Waals surface area (Å²) in [6.07, 6.45) is 4.07. The van der Waals surface area contributed by atoms with Gasteiger partial charge in [-0.1, -0.05) is 48.7 Å². The number of amides is 1. The Morgan fingerprint density at radius 3 is 2.21 bits per heavy atom. The summed E-state index contributed by atoms with van der Waals surface area (Å²) in [5, 5.41) is 18.1. The number of anilines is 3. The minimum atomic E-state index is -1.10. The van der Waals surface area contributed by atoms with Crippen LogP contribution in [0, 0.1) is 0 Å². The van der Waals surface area contributed by atoms with Crippen LogP contribution in [0.3, 0.4) is 0 Å². The van der Waals surface area contributed by atoms with E-state index in [4.69, 9.17) is 23.2 Å². The molecule has 4 N–H and O–H groups in total. The lowest BCUT2D eigenvalue weighted by atomic mass is 10.0. The van der Waals surface area contributed by atoms with Crippen molar-refractivity contribution in [3.63, 3.8) is 0 Å². The first kappa shape index (κ1) is 25.2. The summed E-state index contributed by atoms with van der Waals surface area (Å²) in [6.45, 7) is 2.52. The maximum atomic E-state index is 12.6. The van der Waals surface area contributed by atoms with Crippen molar-refractivity contribution >= 4 is 52.1 Å². The van der Waals surface area contributed by atoms with E-state index in [0.29, 0.717) is 12.1 Å². The number of aliphatic carboxylic acids is 1. The number of aromatic nitrogens is 1. The number of carbonyl (C=O) groups is 2. The number of carboxylic acid groups (broad SMARTS) is 1. The molecule has 0 aliphatic rings. The molecule has 3 rings (SSSR count). The Bertz CT molecular complexity index is 1250. The number of rotatable bonds is 11. The average Bonchev–Trinajstić information content (AvgIpc) is 2.82. The Morgan fingerprint density at radius 2 is 1.62 bits per heavy atom. The summed E-state index contributed by atoms with van der Waals surface area (Å²) < 4.78 is 0. The molecule has 1 atom stereocenters. The second-order valence-electron chi connectivity index (χ2n) is 7.54. The van der Waals surface area contributed by atoms with Crippen LogP contribution in [0.4, 0.5) is 17.1 Å².